The molecule has 4 heteroatoms. The number of rotatable bonds is 8. The lowest BCUT2D eigenvalue weighted by Crippen LogP contribution is -2.41. The fourth-order valence-electron chi connectivity index (χ4n) is 5.08. The van der Waals surface area contributed by atoms with Crippen LogP contribution in [-0.4, -0.2) is 10.9 Å². The minimum Gasteiger partial charge on any atom is -0.488 e. The van der Waals surface area contributed by atoms with Gasteiger partial charge in [0.1, 0.15) is 24.7 Å². The maximum Gasteiger partial charge on any atom is 0.137 e. The standard InChI is InChI=1S/C32H32BrNO2/c1-23-18-28-31(24(2)34(23)20-25-12-6-3-7-13-25)29(35-21-26-14-8-4-9-15-26)19-30(32(28)33)36-22-27-16-10-5-11-17-27/h3-17,19,23-24H,18,20-22H2,1-2H3/t23-,24-/m1/s1. The second kappa shape index (κ2) is 11.3. The molecule has 3 nitrogen and oxygen atoms in total. The Morgan fingerprint density at radius 1 is 0.722 bits per heavy atom. The van der Waals surface area contributed by atoms with Crippen molar-refractivity contribution < 1.29 is 9.47 Å². The van der Waals surface area contributed by atoms with Crippen molar-refractivity contribution in [1.29, 1.82) is 0 Å². The van der Waals surface area contributed by atoms with E-state index in [4.69, 9.17) is 9.47 Å². The molecule has 0 bridgehead atoms. The van der Waals surface area contributed by atoms with Crippen LogP contribution >= 0.6 is 15.9 Å². The van der Waals surface area contributed by atoms with Crippen LogP contribution in [0.1, 0.15) is 47.7 Å². The van der Waals surface area contributed by atoms with Crippen LogP contribution in [0, 0.1) is 0 Å². The summed E-state index contributed by atoms with van der Waals surface area (Å²) in [5.41, 5.74) is 6.16. The Morgan fingerprint density at radius 3 is 1.78 bits per heavy atom. The number of hydrogen-bond acceptors (Lipinski definition) is 3. The molecule has 1 aliphatic rings. The minimum atomic E-state index is 0.203. The van der Waals surface area contributed by atoms with Crippen LogP contribution in [0.4, 0.5) is 0 Å². The van der Waals surface area contributed by atoms with Gasteiger partial charge in [0.2, 0.25) is 0 Å². The third-order valence-electron chi connectivity index (χ3n) is 7.00. The van der Waals surface area contributed by atoms with E-state index in [0.717, 1.165) is 40.1 Å². The number of ether oxygens (including phenoxy) is 2. The first kappa shape index (κ1) is 24.6. The zero-order valence-corrected chi connectivity index (χ0v) is 22.4. The van der Waals surface area contributed by atoms with E-state index in [-0.39, 0.29) is 6.04 Å². The van der Waals surface area contributed by atoms with Gasteiger partial charge in [-0.05, 0) is 58.5 Å². The van der Waals surface area contributed by atoms with Crippen LogP contribution in [0.25, 0.3) is 0 Å². The van der Waals surface area contributed by atoms with Crippen molar-refractivity contribution in [3.8, 4) is 11.5 Å². The summed E-state index contributed by atoms with van der Waals surface area (Å²) >= 11 is 3.91. The van der Waals surface area contributed by atoms with Crippen LogP contribution < -0.4 is 9.47 Å². The Hall–Kier alpha value is -3.08. The molecule has 0 unspecified atom stereocenters. The Balaban J connectivity index is 1.49. The van der Waals surface area contributed by atoms with E-state index in [1.54, 1.807) is 0 Å². The first-order valence-corrected chi connectivity index (χ1v) is 13.4. The van der Waals surface area contributed by atoms with Crippen molar-refractivity contribution in [2.24, 2.45) is 0 Å². The average Bonchev–Trinajstić information content (AvgIpc) is 2.92. The van der Waals surface area contributed by atoms with Crippen LogP contribution in [-0.2, 0) is 26.2 Å². The van der Waals surface area contributed by atoms with Crippen molar-refractivity contribution >= 4 is 15.9 Å². The summed E-state index contributed by atoms with van der Waals surface area (Å²) in [6.07, 6.45) is 0.928. The summed E-state index contributed by atoms with van der Waals surface area (Å²) in [6.45, 7) is 6.56. The van der Waals surface area contributed by atoms with Crippen molar-refractivity contribution in [3.63, 3.8) is 0 Å². The van der Waals surface area contributed by atoms with Crippen LogP contribution in [0.3, 0.4) is 0 Å². The summed E-state index contributed by atoms with van der Waals surface area (Å²) < 4.78 is 13.9. The predicted octanol–water partition coefficient (Wildman–Crippen LogP) is 8.11. The molecule has 0 saturated carbocycles. The Morgan fingerprint density at radius 2 is 1.22 bits per heavy atom. The molecule has 0 saturated heterocycles. The normalized spacial score (nSPS) is 17.4. The predicted molar refractivity (Wildman–Crippen MR) is 149 cm³/mol. The van der Waals surface area contributed by atoms with Crippen LogP contribution in [0.2, 0.25) is 0 Å². The molecule has 4 aromatic carbocycles. The molecule has 184 valence electrons. The van der Waals surface area contributed by atoms with Gasteiger partial charge < -0.3 is 9.47 Å². The summed E-state index contributed by atoms with van der Waals surface area (Å²) in [4.78, 5) is 2.57. The number of benzene rings is 4. The molecule has 36 heavy (non-hydrogen) atoms. The lowest BCUT2D eigenvalue weighted by Gasteiger charge is -2.41. The molecule has 4 aromatic rings. The van der Waals surface area contributed by atoms with E-state index in [1.807, 2.05) is 24.3 Å². The van der Waals surface area contributed by atoms with E-state index in [9.17, 15) is 0 Å². The molecule has 2 atom stereocenters. The van der Waals surface area contributed by atoms with E-state index in [2.05, 4.69) is 107 Å². The van der Waals surface area contributed by atoms with Gasteiger partial charge in [0.05, 0.1) is 4.47 Å². The molecule has 1 aliphatic heterocycles. The highest BCUT2D eigenvalue weighted by atomic mass is 79.9. The van der Waals surface area contributed by atoms with Crippen molar-refractivity contribution in [3.05, 3.63) is 129 Å². The van der Waals surface area contributed by atoms with Gasteiger partial charge in [-0.15, -0.1) is 0 Å². The second-order valence-corrected chi connectivity index (χ2v) is 10.3. The van der Waals surface area contributed by atoms with Crippen molar-refractivity contribution in [2.75, 3.05) is 0 Å². The van der Waals surface area contributed by atoms with E-state index in [1.165, 1.54) is 16.7 Å². The molecular formula is C32H32BrNO2. The molecule has 0 radical (unpaired) electrons. The SMILES string of the molecule is C[C@@H]1Cc2c(Br)c(OCc3ccccc3)cc(OCc3ccccc3)c2[C@@H](C)N1Cc1ccccc1. The smallest absolute Gasteiger partial charge is 0.137 e. The number of halogens is 1. The third kappa shape index (κ3) is 5.50. The molecule has 1 heterocycles. The molecule has 0 aromatic heterocycles. The minimum absolute atomic E-state index is 0.203. The third-order valence-corrected chi connectivity index (χ3v) is 7.87. The first-order chi connectivity index (χ1) is 17.6. The largest absolute Gasteiger partial charge is 0.488 e. The number of hydrogen-bond donors (Lipinski definition) is 0. The van der Waals surface area contributed by atoms with E-state index in [0.29, 0.717) is 19.3 Å². The van der Waals surface area contributed by atoms with Crippen molar-refractivity contribution in [2.45, 2.75) is 52.1 Å². The average molecular weight is 543 g/mol. The number of nitrogens with zero attached hydrogens (tertiary/aromatic N) is 1. The van der Waals surface area contributed by atoms with E-state index >= 15 is 0 Å². The van der Waals surface area contributed by atoms with Gasteiger partial charge in [-0.1, -0.05) is 91.0 Å². The van der Waals surface area contributed by atoms with Gasteiger partial charge in [-0.2, -0.15) is 0 Å². The lowest BCUT2D eigenvalue weighted by molar-refractivity contribution is 0.124. The summed E-state index contributed by atoms with van der Waals surface area (Å²) in [6, 6.07) is 34.0. The molecule has 0 amide bonds. The van der Waals surface area contributed by atoms with Gasteiger partial charge >= 0.3 is 0 Å². The molecular weight excluding hydrogens is 510 g/mol. The molecule has 0 spiro atoms. The topological polar surface area (TPSA) is 21.7 Å². The highest BCUT2D eigenvalue weighted by Gasteiger charge is 2.34. The van der Waals surface area contributed by atoms with E-state index < -0.39 is 0 Å². The van der Waals surface area contributed by atoms with Crippen molar-refractivity contribution in [1.82, 2.24) is 4.90 Å². The van der Waals surface area contributed by atoms with Gasteiger partial charge in [0.25, 0.3) is 0 Å². The Kier molecular flexibility index (Phi) is 7.74. The van der Waals surface area contributed by atoms with Crippen LogP contribution in [0.5, 0.6) is 11.5 Å². The monoisotopic (exact) mass is 541 g/mol. The maximum atomic E-state index is 6.51. The summed E-state index contributed by atoms with van der Waals surface area (Å²) in [5, 5.41) is 0. The fourth-order valence-corrected chi connectivity index (χ4v) is 5.68. The van der Waals surface area contributed by atoms with Gasteiger partial charge in [0, 0.05) is 30.3 Å². The second-order valence-electron chi connectivity index (χ2n) is 9.51. The summed E-state index contributed by atoms with van der Waals surface area (Å²) in [5.74, 6) is 1.73. The highest BCUT2D eigenvalue weighted by molar-refractivity contribution is 9.10. The molecule has 0 fully saturated rings. The van der Waals surface area contributed by atoms with Gasteiger partial charge in [-0.25, -0.2) is 0 Å². The number of fused-ring (bicyclic) bond motifs is 1. The Labute approximate surface area is 222 Å². The Bertz CT molecular complexity index is 1280. The van der Waals surface area contributed by atoms with Crippen LogP contribution in [0.15, 0.2) is 102 Å². The fraction of sp³-hybridized carbons (Fsp3) is 0.250. The first-order valence-electron chi connectivity index (χ1n) is 12.6. The van der Waals surface area contributed by atoms with Gasteiger partial charge in [-0.3, -0.25) is 4.90 Å². The van der Waals surface area contributed by atoms with Gasteiger partial charge in [0.15, 0.2) is 0 Å². The zero-order valence-electron chi connectivity index (χ0n) is 20.9. The summed E-state index contributed by atoms with van der Waals surface area (Å²) in [7, 11) is 0. The molecule has 0 N–H and O–H groups in total. The highest BCUT2D eigenvalue weighted by Crippen LogP contribution is 2.47. The molecule has 0 aliphatic carbocycles. The lowest BCUT2D eigenvalue weighted by atomic mass is 9.88. The quantitative estimate of drug-likeness (QED) is 0.225. The molecule has 5 rings (SSSR count). The maximum absolute atomic E-state index is 6.51. The zero-order chi connectivity index (χ0) is 24.9.